The van der Waals surface area contributed by atoms with Gasteiger partial charge in [0, 0.05) is 22.6 Å². The number of hydrazone groups is 1. The molecule has 0 aromatic heterocycles. The minimum absolute atomic E-state index is 0.244. The molecule has 3 aromatic rings. The van der Waals surface area contributed by atoms with E-state index in [1.807, 2.05) is 24.3 Å². The van der Waals surface area contributed by atoms with E-state index in [4.69, 9.17) is 0 Å². The first kappa shape index (κ1) is 29.1. The van der Waals surface area contributed by atoms with Crippen molar-refractivity contribution in [3.05, 3.63) is 99.3 Å². The number of nitrogens with one attached hydrogen (secondary N) is 2. The number of nitrogens with zero attached hydrogens (tertiary/aromatic N) is 3. The van der Waals surface area contributed by atoms with E-state index in [1.54, 1.807) is 30.3 Å². The van der Waals surface area contributed by atoms with Gasteiger partial charge in [-0.2, -0.15) is 5.10 Å². The Labute approximate surface area is 248 Å². The van der Waals surface area contributed by atoms with Gasteiger partial charge in [-0.05, 0) is 105 Å². The predicted molar refractivity (Wildman–Crippen MR) is 164 cm³/mol. The Balaban J connectivity index is 1.16. The van der Waals surface area contributed by atoms with Crippen molar-refractivity contribution in [2.45, 2.75) is 44.7 Å². The van der Waals surface area contributed by atoms with Gasteiger partial charge in [-0.25, -0.2) is 9.82 Å². The molecule has 2 aliphatic heterocycles. The van der Waals surface area contributed by atoms with Gasteiger partial charge in [0.2, 0.25) is 0 Å². The lowest BCUT2D eigenvalue weighted by atomic mass is 9.99. The molecule has 0 atom stereocenters. The third-order valence-corrected chi connectivity index (χ3v) is 8.28. The summed E-state index contributed by atoms with van der Waals surface area (Å²) >= 11 is 3.38. The highest BCUT2D eigenvalue weighted by atomic mass is 79.9. The Bertz CT molecular complexity index is 1380. The summed E-state index contributed by atoms with van der Waals surface area (Å²) in [7, 11) is 0. The van der Waals surface area contributed by atoms with Crippen LogP contribution in [0.1, 0.15) is 63.9 Å². The van der Waals surface area contributed by atoms with Crippen molar-refractivity contribution in [3.8, 4) is 0 Å². The van der Waals surface area contributed by atoms with Crippen molar-refractivity contribution < 1.29 is 14.0 Å². The number of halogens is 2. The van der Waals surface area contributed by atoms with E-state index >= 15 is 0 Å². The molecule has 0 unspecified atom stereocenters. The number of rotatable bonds is 8. The van der Waals surface area contributed by atoms with Crippen molar-refractivity contribution in [2.75, 3.05) is 31.5 Å². The van der Waals surface area contributed by atoms with Gasteiger partial charge in [0.05, 0.1) is 17.5 Å². The molecule has 5 rings (SSSR count). The monoisotopic (exact) mass is 619 g/mol. The first-order chi connectivity index (χ1) is 19.9. The van der Waals surface area contributed by atoms with Crippen LogP contribution < -0.4 is 10.7 Å². The standard InChI is InChI=1S/C32H35BrFN5O2/c33-26-11-12-30(29(20-26)32(41)37-35-21-24-5-4-6-27(34)19-24)36-31(40)25-9-7-23(8-10-25)22-38-17-13-28(14-18-38)39-15-2-1-3-16-39/h4-12,19-21,28H,1-3,13-18,22H2,(H,36,40)(H,37,41). The van der Waals surface area contributed by atoms with Crippen LogP contribution in [0.15, 0.2) is 76.3 Å². The first-order valence-corrected chi connectivity index (χ1v) is 15.0. The molecular weight excluding hydrogens is 585 g/mol. The fourth-order valence-corrected chi connectivity index (χ4v) is 5.93. The fourth-order valence-electron chi connectivity index (χ4n) is 5.57. The minimum Gasteiger partial charge on any atom is -0.321 e. The summed E-state index contributed by atoms with van der Waals surface area (Å²) < 4.78 is 14.1. The highest BCUT2D eigenvalue weighted by Crippen LogP contribution is 2.24. The molecule has 2 heterocycles. The summed E-state index contributed by atoms with van der Waals surface area (Å²) in [6.07, 6.45) is 7.85. The molecule has 0 spiro atoms. The van der Waals surface area contributed by atoms with Crippen LogP contribution in [0.2, 0.25) is 0 Å². The molecule has 0 aliphatic carbocycles. The average molecular weight is 621 g/mol. The Kier molecular flexibility index (Phi) is 9.92. The van der Waals surface area contributed by atoms with Gasteiger partial charge in [-0.15, -0.1) is 0 Å². The van der Waals surface area contributed by atoms with Crippen LogP contribution in [0.5, 0.6) is 0 Å². The molecule has 0 radical (unpaired) electrons. The molecule has 3 aromatic carbocycles. The van der Waals surface area contributed by atoms with Crippen LogP contribution in [0.3, 0.4) is 0 Å². The van der Waals surface area contributed by atoms with Crippen LogP contribution in [-0.2, 0) is 6.54 Å². The number of piperidine rings is 2. The maximum Gasteiger partial charge on any atom is 0.273 e. The van der Waals surface area contributed by atoms with E-state index in [-0.39, 0.29) is 11.5 Å². The lowest BCUT2D eigenvalue weighted by Crippen LogP contribution is -2.46. The predicted octanol–water partition coefficient (Wildman–Crippen LogP) is 6.05. The number of likely N-dealkylation sites (tertiary alicyclic amines) is 2. The van der Waals surface area contributed by atoms with Gasteiger partial charge in [0.15, 0.2) is 0 Å². The molecule has 41 heavy (non-hydrogen) atoms. The zero-order valence-corrected chi connectivity index (χ0v) is 24.6. The molecule has 7 nitrogen and oxygen atoms in total. The molecule has 2 aliphatic rings. The Morgan fingerprint density at radius 1 is 0.927 bits per heavy atom. The third-order valence-electron chi connectivity index (χ3n) is 7.79. The Morgan fingerprint density at radius 2 is 1.68 bits per heavy atom. The van der Waals surface area contributed by atoms with Crippen LogP contribution in [-0.4, -0.2) is 60.0 Å². The van der Waals surface area contributed by atoms with Crippen molar-refractivity contribution >= 4 is 39.6 Å². The molecule has 0 bridgehead atoms. The van der Waals surface area contributed by atoms with Gasteiger partial charge in [0.25, 0.3) is 11.8 Å². The van der Waals surface area contributed by atoms with E-state index < -0.39 is 11.7 Å². The summed E-state index contributed by atoms with van der Waals surface area (Å²) in [6.45, 7) is 5.59. The maximum atomic E-state index is 13.4. The largest absolute Gasteiger partial charge is 0.321 e. The van der Waals surface area contributed by atoms with Crippen LogP contribution in [0.25, 0.3) is 0 Å². The topological polar surface area (TPSA) is 77.0 Å². The van der Waals surface area contributed by atoms with E-state index in [2.05, 4.69) is 41.6 Å². The number of hydrogen-bond donors (Lipinski definition) is 2. The van der Waals surface area contributed by atoms with Crippen LogP contribution in [0, 0.1) is 5.82 Å². The quantitative estimate of drug-likeness (QED) is 0.237. The van der Waals surface area contributed by atoms with Gasteiger partial charge in [-0.3, -0.25) is 14.5 Å². The van der Waals surface area contributed by atoms with E-state index in [0.29, 0.717) is 21.3 Å². The van der Waals surface area contributed by atoms with Crippen molar-refractivity contribution in [3.63, 3.8) is 0 Å². The Hall–Kier alpha value is -3.40. The maximum absolute atomic E-state index is 13.4. The molecule has 2 amide bonds. The molecule has 214 valence electrons. The zero-order valence-electron chi connectivity index (χ0n) is 23.0. The number of benzene rings is 3. The van der Waals surface area contributed by atoms with Crippen LogP contribution >= 0.6 is 15.9 Å². The van der Waals surface area contributed by atoms with Gasteiger partial charge in [0.1, 0.15) is 5.82 Å². The highest BCUT2D eigenvalue weighted by Gasteiger charge is 2.25. The second kappa shape index (κ2) is 14.0. The molecule has 0 saturated carbocycles. The zero-order chi connectivity index (χ0) is 28.6. The van der Waals surface area contributed by atoms with E-state index in [1.165, 1.54) is 69.1 Å². The lowest BCUT2D eigenvalue weighted by molar-refractivity contribution is 0.0896. The second-order valence-corrected chi connectivity index (χ2v) is 11.6. The van der Waals surface area contributed by atoms with E-state index in [0.717, 1.165) is 25.7 Å². The first-order valence-electron chi connectivity index (χ1n) is 14.2. The summed E-state index contributed by atoms with van der Waals surface area (Å²) in [5.41, 5.74) is 5.25. The number of amides is 2. The lowest BCUT2D eigenvalue weighted by Gasteiger charge is -2.40. The van der Waals surface area contributed by atoms with E-state index in [9.17, 15) is 14.0 Å². The number of hydrogen-bond acceptors (Lipinski definition) is 5. The summed E-state index contributed by atoms with van der Waals surface area (Å²) in [4.78, 5) is 31.1. The molecular formula is C32H35BrFN5O2. The fraction of sp³-hybridized carbons (Fsp3) is 0.344. The normalized spacial score (nSPS) is 17.0. The Morgan fingerprint density at radius 3 is 2.41 bits per heavy atom. The average Bonchev–Trinajstić information content (AvgIpc) is 2.99. The second-order valence-electron chi connectivity index (χ2n) is 10.7. The molecule has 2 N–H and O–H groups in total. The summed E-state index contributed by atoms with van der Waals surface area (Å²) in [5.74, 6) is -1.20. The number of carbonyl (C=O) groups excluding carboxylic acids is 2. The van der Waals surface area contributed by atoms with Crippen molar-refractivity contribution in [1.29, 1.82) is 0 Å². The molecule has 9 heteroatoms. The van der Waals surface area contributed by atoms with Crippen molar-refractivity contribution in [2.24, 2.45) is 5.10 Å². The minimum atomic E-state index is -0.506. The van der Waals surface area contributed by atoms with Crippen LogP contribution in [0.4, 0.5) is 10.1 Å². The van der Waals surface area contributed by atoms with Gasteiger partial charge < -0.3 is 10.2 Å². The third kappa shape index (κ3) is 8.09. The summed E-state index contributed by atoms with van der Waals surface area (Å²) in [6, 6.07) is 19.3. The molecule has 2 saturated heterocycles. The smallest absolute Gasteiger partial charge is 0.273 e. The summed E-state index contributed by atoms with van der Waals surface area (Å²) in [5, 5.41) is 6.78. The highest BCUT2D eigenvalue weighted by molar-refractivity contribution is 9.10. The molecule has 2 fully saturated rings. The SMILES string of the molecule is O=C(Nc1ccc(Br)cc1C(=O)NN=Cc1cccc(F)c1)c1ccc(CN2CCC(N3CCCCC3)CC2)cc1. The van der Waals surface area contributed by atoms with Gasteiger partial charge >= 0.3 is 0 Å². The number of carbonyl (C=O) groups is 2. The van der Waals surface area contributed by atoms with Crippen molar-refractivity contribution in [1.82, 2.24) is 15.2 Å². The number of anilines is 1. The van der Waals surface area contributed by atoms with Gasteiger partial charge in [-0.1, -0.05) is 46.6 Å².